The van der Waals surface area contributed by atoms with Crippen LogP contribution in [0.15, 0.2) is 23.3 Å². The highest BCUT2D eigenvalue weighted by Gasteiger charge is 2.18. The molecule has 7 heteroatoms. The first-order chi connectivity index (χ1) is 8.10. The van der Waals surface area contributed by atoms with Crippen LogP contribution in [0.5, 0.6) is 0 Å². The second kappa shape index (κ2) is 5.72. The van der Waals surface area contributed by atoms with Crippen molar-refractivity contribution in [2.24, 2.45) is 5.11 Å². The van der Waals surface area contributed by atoms with Gasteiger partial charge in [0, 0.05) is 10.6 Å². The van der Waals surface area contributed by atoms with Crippen molar-refractivity contribution in [3.05, 3.63) is 39.8 Å². The summed E-state index contributed by atoms with van der Waals surface area (Å²) in [6, 6.07) is 6.23. The average Bonchev–Trinajstić information content (AvgIpc) is 2.34. The van der Waals surface area contributed by atoms with Crippen LogP contribution in [0.4, 0.5) is 5.69 Å². The number of nitriles is 1. The summed E-state index contributed by atoms with van der Waals surface area (Å²) < 4.78 is 0. The van der Waals surface area contributed by atoms with E-state index in [2.05, 4.69) is 10.0 Å². The lowest BCUT2D eigenvalue weighted by atomic mass is 10.0. The predicted octanol–water partition coefficient (Wildman–Crippen LogP) is 0.845. The number of aliphatic hydroxyl groups excluding tert-OH is 2. The van der Waals surface area contributed by atoms with Crippen molar-refractivity contribution >= 4 is 5.69 Å². The molecule has 0 aliphatic heterocycles. The van der Waals surface area contributed by atoms with E-state index in [-0.39, 0.29) is 12.2 Å². The van der Waals surface area contributed by atoms with Crippen LogP contribution < -0.4 is 5.73 Å². The van der Waals surface area contributed by atoms with Crippen LogP contribution >= 0.6 is 0 Å². The zero-order valence-corrected chi connectivity index (χ0v) is 8.85. The number of nitrogens with zero attached hydrogens (tertiary/aromatic N) is 4. The highest BCUT2D eigenvalue weighted by Crippen LogP contribution is 2.21. The minimum Gasteiger partial charge on any atom is -0.398 e. The zero-order valence-electron chi connectivity index (χ0n) is 8.85. The molecule has 0 aliphatic carbocycles. The summed E-state index contributed by atoms with van der Waals surface area (Å²) in [5, 5.41) is 31.1. The molecular formula is C10H11N5O2. The molecule has 0 fully saturated rings. The van der Waals surface area contributed by atoms with Gasteiger partial charge in [0.25, 0.3) is 0 Å². The summed E-state index contributed by atoms with van der Waals surface area (Å²) in [5.74, 6) is 0. The van der Waals surface area contributed by atoms with Gasteiger partial charge >= 0.3 is 0 Å². The standard InChI is InChI=1S/C10H11N5O2/c11-4-7-2-1-6(3-8(7)12)10(17)9(16)5-14-15-13/h1-3,9-10,16-17H,5,12H2. The number of nitrogens with two attached hydrogens (primary N) is 1. The van der Waals surface area contributed by atoms with E-state index in [0.717, 1.165) is 0 Å². The Bertz CT molecular complexity index is 490. The molecule has 17 heavy (non-hydrogen) atoms. The summed E-state index contributed by atoms with van der Waals surface area (Å²) in [4.78, 5) is 2.48. The van der Waals surface area contributed by atoms with Crippen LogP contribution in [0.25, 0.3) is 10.4 Å². The number of aliphatic hydroxyl groups is 2. The van der Waals surface area contributed by atoms with E-state index in [9.17, 15) is 10.2 Å². The molecule has 0 radical (unpaired) electrons. The monoisotopic (exact) mass is 233 g/mol. The first-order valence-corrected chi connectivity index (χ1v) is 4.76. The van der Waals surface area contributed by atoms with Crippen molar-refractivity contribution in [1.82, 2.24) is 0 Å². The van der Waals surface area contributed by atoms with E-state index in [0.29, 0.717) is 11.1 Å². The zero-order chi connectivity index (χ0) is 12.8. The van der Waals surface area contributed by atoms with Crippen LogP contribution in [-0.2, 0) is 0 Å². The maximum absolute atomic E-state index is 9.73. The number of rotatable bonds is 4. The van der Waals surface area contributed by atoms with Crippen LogP contribution in [0.3, 0.4) is 0 Å². The number of azide groups is 1. The summed E-state index contributed by atoms with van der Waals surface area (Å²) >= 11 is 0. The third kappa shape index (κ3) is 3.09. The topological polar surface area (TPSA) is 139 Å². The molecule has 88 valence electrons. The first kappa shape index (κ1) is 12.8. The highest BCUT2D eigenvalue weighted by atomic mass is 16.3. The van der Waals surface area contributed by atoms with Crippen molar-refractivity contribution in [3.63, 3.8) is 0 Å². The molecule has 2 atom stereocenters. The molecular weight excluding hydrogens is 222 g/mol. The molecule has 0 amide bonds. The molecule has 7 nitrogen and oxygen atoms in total. The van der Waals surface area contributed by atoms with E-state index < -0.39 is 12.2 Å². The fraction of sp³-hybridized carbons (Fsp3) is 0.300. The van der Waals surface area contributed by atoms with Crippen molar-refractivity contribution in [2.45, 2.75) is 12.2 Å². The molecule has 0 spiro atoms. The van der Waals surface area contributed by atoms with Gasteiger partial charge in [0.2, 0.25) is 0 Å². The molecule has 0 saturated heterocycles. The van der Waals surface area contributed by atoms with E-state index in [1.54, 1.807) is 0 Å². The lowest BCUT2D eigenvalue weighted by molar-refractivity contribution is 0.0244. The molecule has 1 aromatic rings. The maximum Gasteiger partial charge on any atom is 0.105 e. The van der Waals surface area contributed by atoms with E-state index in [1.807, 2.05) is 6.07 Å². The quantitative estimate of drug-likeness (QED) is 0.307. The lowest BCUT2D eigenvalue weighted by Gasteiger charge is -2.16. The van der Waals surface area contributed by atoms with Gasteiger partial charge in [0.15, 0.2) is 0 Å². The van der Waals surface area contributed by atoms with Crippen molar-refractivity contribution in [1.29, 1.82) is 5.26 Å². The van der Waals surface area contributed by atoms with E-state index in [1.165, 1.54) is 18.2 Å². The van der Waals surface area contributed by atoms with Gasteiger partial charge in [0.1, 0.15) is 12.2 Å². The van der Waals surface area contributed by atoms with Crippen molar-refractivity contribution in [3.8, 4) is 6.07 Å². The van der Waals surface area contributed by atoms with E-state index >= 15 is 0 Å². The molecule has 1 aromatic carbocycles. The second-order valence-corrected chi connectivity index (χ2v) is 3.38. The Labute approximate surface area is 97.3 Å². The fourth-order valence-corrected chi connectivity index (χ4v) is 1.31. The van der Waals surface area contributed by atoms with Gasteiger partial charge in [-0.1, -0.05) is 11.2 Å². The van der Waals surface area contributed by atoms with Crippen molar-refractivity contribution in [2.75, 3.05) is 12.3 Å². The Morgan fingerprint density at radius 2 is 2.24 bits per heavy atom. The normalized spacial score (nSPS) is 13.2. The first-order valence-electron chi connectivity index (χ1n) is 4.76. The summed E-state index contributed by atoms with van der Waals surface area (Å²) in [7, 11) is 0. The van der Waals surface area contributed by atoms with Gasteiger partial charge in [-0.2, -0.15) is 5.26 Å². The Kier molecular flexibility index (Phi) is 4.31. The predicted molar refractivity (Wildman–Crippen MR) is 60.5 cm³/mol. The van der Waals surface area contributed by atoms with Crippen molar-refractivity contribution < 1.29 is 10.2 Å². The SMILES string of the molecule is N#Cc1ccc(C(O)C(O)CN=[N+]=[N-])cc1N. The summed E-state index contributed by atoms with van der Waals surface area (Å²) in [6.07, 6.45) is -2.42. The molecule has 2 unspecified atom stereocenters. The fourth-order valence-electron chi connectivity index (χ4n) is 1.31. The molecule has 4 N–H and O–H groups in total. The van der Waals surface area contributed by atoms with Crippen LogP contribution in [-0.4, -0.2) is 22.9 Å². The van der Waals surface area contributed by atoms with Gasteiger partial charge in [0.05, 0.1) is 18.2 Å². The highest BCUT2D eigenvalue weighted by molar-refractivity contribution is 5.55. The third-order valence-corrected chi connectivity index (χ3v) is 2.23. The van der Waals surface area contributed by atoms with Gasteiger partial charge in [-0.3, -0.25) is 0 Å². The minimum atomic E-state index is -1.21. The molecule has 0 aliphatic rings. The summed E-state index contributed by atoms with van der Waals surface area (Å²) in [6.45, 7) is -0.239. The lowest BCUT2D eigenvalue weighted by Crippen LogP contribution is -2.21. The Morgan fingerprint density at radius 3 is 2.76 bits per heavy atom. The number of anilines is 1. The Morgan fingerprint density at radius 1 is 1.53 bits per heavy atom. The molecule has 0 saturated carbocycles. The minimum absolute atomic E-state index is 0.222. The molecule has 0 aromatic heterocycles. The summed E-state index contributed by atoms with van der Waals surface area (Å²) in [5.41, 5.74) is 14.5. The number of hydrogen-bond donors (Lipinski definition) is 3. The van der Waals surface area contributed by atoms with Crippen LogP contribution in [0.2, 0.25) is 0 Å². The van der Waals surface area contributed by atoms with Gasteiger partial charge in [-0.05, 0) is 23.2 Å². The Balaban J connectivity index is 2.89. The van der Waals surface area contributed by atoms with E-state index in [4.69, 9.17) is 16.5 Å². The molecule has 0 heterocycles. The van der Waals surface area contributed by atoms with Crippen LogP contribution in [0, 0.1) is 11.3 Å². The Hall–Kier alpha value is -2.26. The third-order valence-electron chi connectivity index (χ3n) is 2.23. The second-order valence-electron chi connectivity index (χ2n) is 3.38. The average molecular weight is 233 g/mol. The number of hydrogen-bond acceptors (Lipinski definition) is 5. The molecule has 1 rings (SSSR count). The smallest absolute Gasteiger partial charge is 0.105 e. The number of benzene rings is 1. The van der Waals surface area contributed by atoms with Gasteiger partial charge < -0.3 is 15.9 Å². The number of nitrogen functional groups attached to an aromatic ring is 1. The van der Waals surface area contributed by atoms with Crippen LogP contribution in [0.1, 0.15) is 17.2 Å². The van der Waals surface area contributed by atoms with Gasteiger partial charge in [-0.25, -0.2) is 0 Å². The largest absolute Gasteiger partial charge is 0.398 e. The van der Waals surface area contributed by atoms with Gasteiger partial charge in [-0.15, -0.1) is 0 Å². The molecule has 0 bridgehead atoms. The maximum atomic E-state index is 9.73.